The maximum Gasteiger partial charge on any atom is 0.227 e. The van der Waals surface area contributed by atoms with Gasteiger partial charge in [0.2, 0.25) is 59.0 Å². The Balaban J connectivity index is 0.0000000951. The zero-order chi connectivity index (χ0) is 69.8. The number of para-hydroxylation sites is 1. The summed E-state index contributed by atoms with van der Waals surface area (Å²) in [5, 5.41) is 9.90. The van der Waals surface area contributed by atoms with Gasteiger partial charge in [0.1, 0.15) is 55.9 Å². The van der Waals surface area contributed by atoms with Crippen molar-refractivity contribution in [1.82, 2.24) is 28.7 Å². The fourth-order valence-electron chi connectivity index (χ4n) is 15.5. The molecule has 4 aliphatic heterocycles. The van der Waals surface area contributed by atoms with E-state index < -0.39 is 0 Å². The third-order valence-electron chi connectivity index (χ3n) is 19.9. The summed E-state index contributed by atoms with van der Waals surface area (Å²) in [7, 11) is 0. The lowest BCUT2D eigenvalue weighted by Crippen LogP contribution is -2.36. The standard InChI is InChI=1S/C22H11N4O.2C21H10N5O.C18H13N4/c1-23-15-7-14-12-25-11-13-8-17-16-5-3-4-6-20(16)27-21(17)10-19(13)26(25)22(14)18(9-15)24-2;1-22-14-8-13-11-25-10-12-5-6-15-16-4-3-7-24-21(16)27-20(15)19(12)26(25)18(13)17(9-14)23-2;1-22-14-6-13-11-25-10-12-7-16-15-4-3-5-24-21(15)27-19(16)9-18(12)26(25)20(13)17(8-14)23-2;1-11-5-6-12(2)17-15(11)10-21-9-13-7-14(19-3)8-16(20-4)18(13)22(17)21/h3-10,12H,11H2;2*3-9,11H,10H2;5-9H,10H2,1-2H3/q4*+1. The van der Waals surface area contributed by atoms with E-state index in [1.807, 2.05) is 107 Å². The Morgan fingerprint density at radius 2 is 0.777 bits per heavy atom. The van der Waals surface area contributed by atoms with Crippen molar-refractivity contribution in [3.63, 3.8) is 0 Å². The molecule has 13 heterocycles. The number of aromatic nitrogens is 10. The predicted molar refractivity (Wildman–Crippen MR) is 387 cm³/mol. The minimum Gasteiger partial charge on any atom is -0.456 e. The molecule has 21 heteroatoms. The van der Waals surface area contributed by atoms with Crippen LogP contribution in [-0.4, -0.2) is 28.7 Å². The van der Waals surface area contributed by atoms with Gasteiger partial charge in [-0.25, -0.2) is 48.7 Å². The van der Waals surface area contributed by atoms with Crippen LogP contribution in [0, 0.1) is 66.4 Å². The SMILES string of the molecule is [C-]#[N+]c1cc([N+]#[C-])c2c(c1)c[n+]1n2-c2c(C)ccc(C)c2C1.[C-]#[N+]c1cc([N+]#[C-])c2c(c1)c[n+]1n2-c2c(ccc3c2oc2ncccc23)C1.[C-]#[N+]c1cc([N+]#[C-])c2c(c1)c[n+]1n2-c2cc3oc4ccccc4c3cc2C1.[C-]#[N+]c1cc([N+]#[C-])c2c(c1)c[n+]1n2-c2cc3oc4ncccc4c3cc2C1. The Morgan fingerprint density at radius 1 is 0.350 bits per heavy atom. The van der Waals surface area contributed by atoms with Crippen molar-refractivity contribution in [1.29, 1.82) is 0 Å². The minimum absolute atomic E-state index is 0.469. The average Bonchev–Trinajstić information content (AvgIpc) is 1.58. The van der Waals surface area contributed by atoms with Crippen molar-refractivity contribution in [2.75, 3.05) is 0 Å². The smallest absolute Gasteiger partial charge is 0.227 e. The molecule has 0 N–H and O–H groups in total. The first-order valence-corrected chi connectivity index (χ1v) is 32.5. The maximum atomic E-state index is 7.60. The van der Waals surface area contributed by atoms with E-state index in [9.17, 15) is 0 Å². The van der Waals surface area contributed by atoms with Crippen molar-refractivity contribution in [2.24, 2.45) is 0 Å². The molecule has 0 atom stereocenters. The molecule has 4 aliphatic rings. The van der Waals surface area contributed by atoms with E-state index in [1.165, 1.54) is 33.5 Å². The molecule has 0 aliphatic carbocycles. The minimum atomic E-state index is 0.469. The Bertz CT molecular complexity index is 7120. The van der Waals surface area contributed by atoms with Crippen molar-refractivity contribution in [2.45, 2.75) is 40.0 Å². The van der Waals surface area contributed by atoms with Crippen molar-refractivity contribution in [3.8, 4) is 22.7 Å². The summed E-state index contributed by atoms with van der Waals surface area (Å²) >= 11 is 0. The second kappa shape index (κ2) is 22.0. The molecule has 476 valence electrons. The topological polar surface area (TPSA) is 135 Å². The van der Waals surface area contributed by atoms with Gasteiger partial charge < -0.3 is 13.3 Å². The number of fused-ring (bicyclic) bond motifs is 30. The number of hydrogen-bond acceptors (Lipinski definition) is 5. The molecule has 0 saturated carbocycles. The number of rotatable bonds is 0. The maximum absolute atomic E-state index is 7.60. The molecule has 0 spiro atoms. The summed E-state index contributed by atoms with van der Waals surface area (Å²) in [6, 6.07) is 46.8. The fourth-order valence-corrected chi connectivity index (χ4v) is 15.5. The first-order valence-electron chi connectivity index (χ1n) is 32.5. The first-order chi connectivity index (χ1) is 50.4. The number of benzene rings is 9. The molecule has 9 aromatic carbocycles. The van der Waals surface area contributed by atoms with Crippen LogP contribution in [-0.2, 0) is 26.2 Å². The van der Waals surface area contributed by atoms with Gasteiger partial charge in [-0.15, -0.1) is 37.5 Å². The van der Waals surface area contributed by atoms with Crippen LogP contribution in [0.2, 0.25) is 0 Å². The van der Waals surface area contributed by atoms with E-state index in [4.69, 9.17) is 65.8 Å². The molecule has 0 saturated heterocycles. The van der Waals surface area contributed by atoms with Crippen LogP contribution < -0.4 is 18.7 Å². The van der Waals surface area contributed by atoms with Crippen LogP contribution in [0.3, 0.4) is 0 Å². The van der Waals surface area contributed by atoms with E-state index in [2.05, 4.69) is 139 Å². The van der Waals surface area contributed by atoms with Crippen LogP contribution in [0.25, 0.3) is 171 Å². The fraction of sp³-hybridized carbons (Fsp3) is 0.0732. The van der Waals surface area contributed by atoms with Gasteiger partial charge in [0.15, 0.2) is 60.2 Å². The predicted octanol–water partition coefficient (Wildman–Crippen LogP) is 18.6. The van der Waals surface area contributed by atoms with Gasteiger partial charge in [0, 0.05) is 89.5 Å². The van der Waals surface area contributed by atoms with Crippen molar-refractivity contribution >= 4 is 155 Å². The molecule has 103 heavy (non-hydrogen) atoms. The second-order valence-corrected chi connectivity index (χ2v) is 25.6. The van der Waals surface area contributed by atoms with Gasteiger partial charge in [0.25, 0.3) is 0 Å². The van der Waals surface area contributed by atoms with Crippen LogP contribution in [0.5, 0.6) is 0 Å². The highest BCUT2D eigenvalue weighted by Gasteiger charge is 2.37. The monoisotopic (exact) mass is 1330 g/mol. The summed E-state index contributed by atoms with van der Waals surface area (Å²) < 4.78 is 34.8. The summed E-state index contributed by atoms with van der Waals surface area (Å²) in [6.45, 7) is 66.4. The Morgan fingerprint density at radius 3 is 1.30 bits per heavy atom. The third-order valence-corrected chi connectivity index (χ3v) is 19.9. The Labute approximate surface area is 583 Å². The lowest BCUT2D eigenvalue weighted by molar-refractivity contribution is -0.749. The summed E-state index contributed by atoms with van der Waals surface area (Å²) in [6.07, 6.45) is 11.5. The average molecular weight is 1330 g/mol. The summed E-state index contributed by atoms with van der Waals surface area (Å²) in [5.74, 6) is 0. The van der Waals surface area contributed by atoms with Gasteiger partial charge in [-0.05, 0) is 128 Å². The van der Waals surface area contributed by atoms with Crippen LogP contribution >= 0.6 is 0 Å². The first kappa shape index (κ1) is 58.8. The Kier molecular flexibility index (Phi) is 12.6. The quantitative estimate of drug-likeness (QED) is 0.110. The lowest BCUT2D eigenvalue weighted by atomic mass is 10.0. The molecular weight excluding hydrogens is 1290 g/mol. The molecular formula is C82H44N18O3+4. The molecule has 0 fully saturated rings. The zero-order valence-corrected chi connectivity index (χ0v) is 54.4. The number of aryl methyl sites for hydroxylation is 2. The lowest BCUT2D eigenvalue weighted by Gasteiger charge is -2.06. The summed E-state index contributed by atoms with van der Waals surface area (Å²) in [5.41, 5.74) is 23.3. The highest BCUT2D eigenvalue weighted by molar-refractivity contribution is 6.09. The van der Waals surface area contributed by atoms with E-state index in [1.54, 1.807) is 36.7 Å². The third kappa shape index (κ3) is 8.63. The van der Waals surface area contributed by atoms with E-state index in [-0.39, 0.29) is 0 Å². The molecule has 22 rings (SSSR count). The van der Waals surface area contributed by atoms with Gasteiger partial charge in [-0.3, -0.25) is 0 Å². The molecule has 0 unspecified atom stereocenters. The van der Waals surface area contributed by atoms with Gasteiger partial charge in [0.05, 0.1) is 63.7 Å². The zero-order valence-electron chi connectivity index (χ0n) is 54.4. The molecule has 21 nitrogen and oxygen atoms in total. The second-order valence-electron chi connectivity index (χ2n) is 25.6. The molecule has 18 aromatic rings. The largest absolute Gasteiger partial charge is 0.456 e. The molecule has 0 bridgehead atoms. The van der Waals surface area contributed by atoms with Crippen LogP contribution in [0.4, 0.5) is 45.5 Å². The molecule has 9 aromatic heterocycles. The van der Waals surface area contributed by atoms with Crippen molar-refractivity contribution in [3.05, 3.63) is 307 Å². The number of pyridine rings is 2. The van der Waals surface area contributed by atoms with Gasteiger partial charge in [-0.2, -0.15) is 0 Å². The number of nitrogens with zero attached hydrogens (tertiary/aromatic N) is 18. The molecule has 0 radical (unpaired) electrons. The van der Waals surface area contributed by atoms with E-state index in [0.717, 1.165) is 134 Å². The van der Waals surface area contributed by atoms with E-state index >= 15 is 0 Å². The highest BCUT2D eigenvalue weighted by Crippen LogP contribution is 2.44. The normalized spacial score (nSPS) is 12.1. The van der Waals surface area contributed by atoms with Crippen LogP contribution in [0.1, 0.15) is 33.4 Å². The summed E-state index contributed by atoms with van der Waals surface area (Å²) in [4.78, 5) is 37.3. The van der Waals surface area contributed by atoms with E-state index in [0.29, 0.717) is 70.0 Å². The van der Waals surface area contributed by atoms with Gasteiger partial charge in [-0.1, -0.05) is 30.3 Å². The highest BCUT2D eigenvalue weighted by atomic mass is 16.3. The van der Waals surface area contributed by atoms with Gasteiger partial charge >= 0.3 is 0 Å². The Hall–Kier alpha value is -15.5. The van der Waals surface area contributed by atoms with Crippen molar-refractivity contribution < 1.29 is 32.0 Å². The molecule has 0 amide bonds. The number of furan rings is 3. The van der Waals surface area contributed by atoms with Crippen LogP contribution in [0.15, 0.2) is 196 Å². The number of hydrogen-bond donors (Lipinski definition) is 0.